The van der Waals surface area contributed by atoms with Crippen molar-refractivity contribution >= 4 is 25.1 Å². The summed E-state index contributed by atoms with van der Waals surface area (Å²) in [6.07, 6.45) is 1.40. The molecule has 2 rings (SSSR count). The lowest BCUT2D eigenvalue weighted by Gasteiger charge is -2.24. The van der Waals surface area contributed by atoms with Gasteiger partial charge in [-0.2, -0.15) is 0 Å². The normalized spacial score (nSPS) is 11.7. The van der Waals surface area contributed by atoms with Crippen LogP contribution in [0.25, 0.3) is 10.9 Å². The number of carbonyl (C=O) groups excluding carboxylic acids is 1. The van der Waals surface area contributed by atoms with E-state index in [9.17, 15) is 18.4 Å². The van der Waals surface area contributed by atoms with Crippen LogP contribution < -0.4 is 5.43 Å². The van der Waals surface area contributed by atoms with E-state index < -0.39 is 31.3 Å². The average molecular weight is 325 g/mol. The fourth-order valence-corrected chi connectivity index (χ4v) is 3.65. The first-order valence-electron chi connectivity index (χ1n) is 6.88. The number of hydrogen-bond acceptors (Lipinski definition) is 3. The fraction of sp³-hybridized carbons (Fsp3) is 0.333. The van der Waals surface area contributed by atoms with Crippen molar-refractivity contribution in [2.24, 2.45) is 0 Å². The summed E-state index contributed by atoms with van der Waals surface area (Å²) >= 11 is 0. The van der Waals surface area contributed by atoms with Gasteiger partial charge in [-0.25, -0.2) is 13.6 Å². The average Bonchev–Trinajstić information content (AvgIpc) is 2.40. The van der Waals surface area contributed by atoms with Gasteiger partial charge in [0.05, 0.1) is 6.61 Å². The van der Waals surface area contributed by atoms with Crippen LogP contribution in [0.3, 0.4) is 0 Å². The Morgan fingerprint density at radius 1 is 1.23 bits per heavy atom. The van der Waals surface area contributed by atoms with Crippen LogP contribution in [0.2, 0.25) is 19.6 Å². The van der Waals surface area contributed by atoms with Crippen molar-refractivity contribution in [1.82, 2.24) is 4.23 Å². The van der Waals surface area contributed by atoms with E-state index in [0.717, 1.165) is 12.1 Å². The van der Waals surface area contributed by atoms with Crippen molar-refractivity contribution in [3.63, 3.8) is 0 Å². The molecule has 22 heavy (non-hydrogen) atoms. The van der Waals surface area contributed by atoms with Crippen molar-refractivity contribution in [3.05, 3.63) is 45.8 Å². The maximum Gasteiger partial charge on any atom is 0.343 e. The van der Waals surface area contributed by atoms with Crippen molar-refractivity contribution in [1.29, 1.82) is 0 Å². The van der Waals surface area contributed by atoms with Gasteiger partial charge in [0.25, 0.3) is 0 Å². The Labute approximate surface area is 127 Å². The van der Waals surface area contributed by atoms with Crippen LogP contribution in [0.1, 0.15) is 17.3 Å². The standard InChI is InChI=1S/C15H17F2NO3Si/c1-5-21-15(20)10-8-18(22(2,3)4)13-7-12(17)11(16)6-9(13)14(10)19/h6-8H,5H2,1-4H3. The molecule has 0 bridgehead atoms. The Balaban J connectivity index is 2.92. The molecule has 0 atom stereocenters. The first kappa shape index (κ1) is 16.3. The summed E-state index contributed by atoms with van der Waals surface area (Å²) in [5.74, 6) is -2.90. The van der Waals surface area contributed by atoms with E-state index in [4.69, 9.17) is 4.74 Å². The SMILES string of the molecule is CCOC(=O)c1cn([Si](C)(C)C)c2cc(F)c(F)cc2c1=O. The third kappa shape index (κ3) is 2.81. The van der Waals surface area contributed by atoms with Crippen LogP contribution in [0, 0.1) is 11.6 Å². The molecule has 1 aromatic heterocycles. The van der Waals surface area contributed by atoms with E-state index in [1.54, 1.807) is 11.2 Å². The molecule has 1 heterocycles. The van der Waals surface area contributed by atoms with Gasteiger partial charge in [-0.15, -0.1) is 0 Å². The quantitative estimate of drug-likeness (QED) is 0.643. The number of aromatic nitrogens is 1. The molecule has 0 spiro atoms. The number of carbonyl (C=O) groups is 1. The molecule has 0 aliphatic rings. The molecular formula is C15H17F2NO3Si. The molecule has 0 fully saturated rings. The smallest absolute Gasteiger partial charge is 0.343 e. The zero-order valence-corrected chi connectivity index (χ0v) is 13.9. The van der Waals surface area contributed by atoms with E-state index in [2.05, 4.69) is 0 Å². The second kappa shape index (κ2) is 5.64. The topological polar surface area (TPSA) is 48.3 Å². The molecule has 0 radical (unpaired) electrons. The third-order valence-corrected chi connectivity index (χ3v) is 5.08. The van der Waals surface area contributed by atoms with Gasteiger partial charge in [-0.3, -0.25) is 4.79 Å². The molecular weight excluding hydrogens is 308 g/mol. The predicted octanol–water partition coefficient (Wildman–Crippen LogP) is 3.14. The monoisotopic (exact) mass is 325 g/mol. The number of esters is 1. The predicted molar refractivity (Wildman–Crippen MR) is 82.8 cm³/mol. The summed E-state index contributed by atoms with van der Waals surface area (Å²) in [7, 11) is -2.08. The second-order valence-corrected chi connectivity index (χ2v) is 10.7. The summed E-state index contributed by atoms with van der Waals surface area (Å²) in [6, 6.07) is 1.84. The molecule has 0 unspecified atom stereocenters. The summed E-state index contributed by atoms with van der Waals surface area (Å²) in [5.41, 5.74) is -0.527. The molecule has 2 aromatic rings. The van der Waals surface area contributed by atoms with Gasteiger partial charge in [0.15, 0.2) is 19.9 Å². The van der Waals surface area contributed by atoms with Gasteiger partial charge >= 0.3 is 5.97 Å². The number of halogens is 2. The minimum atomic E-state index is -2.08. The van der Waals surface area contributed by atoms with Crippen LogP contribution >= 0.6 is 0 Å². The van der Waals surface area contributed by atoms with E-state index in [1.807, 2.05) is 19.6 Å². The highest BCUT2D eigenvalue weighted by Crippen LogP contribution is 2.21. The molecule has 0 saturated carbocycles. The molecule has 0 saturated heterocycles. The summed E-state index contributed by atoms with van der Waals surface area (Å²) in [6.45, 7) is 7.65. The molecule has 0 aliphatic heterocycles. The van der Waals surface area contributed by atoms with Crippen LogP contribution in [-0.4, -0.2) is 25.0 Å². The molecule has 0 N–H and O–H groups in total. The Hall–Kier alpha value is -2.02. The van der Waals surface area contributed by atoms with E-state index in [0.29, 0.717) is 0 Å². The Morgan fingerprint density at radius 3 is 2.36 bits per heavy atom. The third-order valence-electron chi connectivity index (χ3n) is 3.26. The first-order valence-corrected chi connectivity index (χ1v) is 10.3. The number of nitrogens with zero attached hydrogens (tertiary/aromatic N) is 1. The van der Waals surface area contributed by atoms with Gasteiger partial charge in [-0.1, -0.05) is 19.6 Å². The lowest BCUT2D eigenvalue weighted by molar-refractivity contribution is 0.0524. The van der Waals surface area contributed by atoms with Crippen LogP contribution in [0.5, 0.6) is 0 Å². The maximum atomic E-state index is 13.6. The number of ether oxygens (including phenoxy) is 1. The molecule has 1 aromatic carbocycles. The number of hydrogen-bond donors (Lipinski definition) is 0. The fourth-order valence-electron chi connectivity index (χ4n) is 2.23. The van der Waals surface area contributed by atoms with Crippen LogP contribution in [0.4, 0.5) is 8.78 Å². The molecule has 4 nitrogen and oxygen atoms in total. The molecule has 0 amide bonds. The highest BCUT2D eigenvalue weighted by atomic mass is 28.3. The zero-order chi connectivity index (χ0) is 16.7. The summed E-state index contributed by atoms with van der Waals surface area (Å²) in [5, 5.41) is -0.0214. The summed E-state index contributed by atoms with van der Waals surface area (Å²) in [4.78, 5) is 24.4. The number of benzene rings is 1. The Morgan fingerprint density at radius 2 is 1.82 bits per heavy atom. The minimum Gasteiger partial charge on any atom is -0.462 e. The van der Waals surface area contributed by atoms with Crippen molar-refractivity contribution in [2.75, 3.05) is 6.61 Å². The van der Waals surface area contributed by atoms with Crippen molar-refractivity contribution in [2.45, 2.75) is 26.6 Å². The van der Waals surface area contributed by atoms with E-state index in [-0.39, 0.29) is 23.1 Å². The largest absolute Gasteiger partial charge is 0.462 e. The van der Waals surface area contributed by atoms with Gasteiger partial charge < -0.3 is 8.97 Å². The van der Waals surface area contributed by atoms with Gasteiger partial charge in [-0.05, 0) is 13.0 Å². The molecule has 118 valence electrons. The summed E-state index contributed by atoms with van der Waals surface area (Å²) < 4.78 is 33.7. The maximum absolute atomic E-state index is 13.6. The first-order chi connectivity index (χ1) is 10.2. The lowest BCUT2D eigenvalue weighted by atomic mass is 10.1. The Bertz CT molecular complexity index is 809. The minimum absolute atomic E-state index is 0.0214. The van der Waals surface area contributed by atoms with Crippen LogP contribution in [0.15, 0.2) is 23.1 Å². The highest BCUT2D eigenvalue weighted by Gasteiger charge is 2.24. The van der Waals surface area contributed by atoms with E-state index >= 15 is 0 Å². The van der Waals surface area contributed by atoms with Gasteiger partial charge in [0, 0.05) is 23.2 Å². The lowest BCUT2D eigenvalue weighted by Crippen LogP contribution is -2.35. The second-order valence-electron chi connectivity index (χ2n) is 5.92. The van der Waals surface area contributed by atoms with Gasteiger partial charge in [0.1, 0.15) is 5.56 Å². The van der Waals surface area contributed by atoms with Gasteiger partial charge in [0.2, 0.25) is 5.43 Å². The van der Waals surface area contributed by atoms with Crippen LogP contribution in [-0.2, 0) is 4.74 Å². The number of fused-ring (bicyclic) bond motifs is 1. The Kier molecular flexibility index (Phi) is 4.19. The molecule has 7 heteroatoms. The van der Waals surface area contributed by atoms with Crippen molar-refractivity contribution < 1.29 is 18.3 Å². The van der Waals surface area contributed by atoms with E-state index in [1.165, 1.54) is 6.20 Å². The zero-order valence-electron chi connectivity index (χ0n) is 12.9. The highest BCUT2D eigenvalue weighted by molar-refractivity contribution is 6.75. The number of rotatable bonds is 3. The molecule has 0 aliphatic carbocycles. The van der Waals surface area contributed by atoms with Crippen molar-refractivity contribution in [3.8, 4) is 0 Å². The number of pyridine rings is 1.